The van der Waals surface area contributed by atoms with Crippen molar-refractivity contribution >= 4 is 41.2 Å². The summed E-state index contributed by atoms with van der Waals surface area (Å²) in [6.07, 6.45) is -3.03. The Labute approximate surface area is 220 Å². The van der Waals surface area contributed by atoms with Crippen molar-refractivity contribution < 1.29 is 33.6 Å². The van der Waals surface area contributed by atoms with Crippen molar-refractivity contribution in [1.29, 1.82) is 0 Å². The zero-order valence-corrected chi connectivity index (χ0v) is 22.1. The summed E-state index contributed by atoms with van der Waals surface area (Å²) < 4.78 is 31.5. The Morgan fingerprint density at radius 1 is 1.42 bits per heavy atom. The molecule has 7 atom stereocenters. The molecule has 0 radical (unpaired) electrons. The maximum Gasteiger partial charge on any atom is 0.327 e. The number of H-pyrrole nitrogens is 1. The molecule has 4 heterocycles. The Kier molecular flexibility index (Phi) is 7.11. The van der Waals surface area contributed by atoms with Gasteiger partial charge in [-0.2, -0.15) is 4.98 Å². The quantitative estimate of drug-likeness (QED) is 0.199. The maximum absolute atomic E-state index is 13.2. The monoisotopic (exact) mass is 566 g/mol. The van der Waals surface area contributed by atoms with E-state index in [2.05, 4.69) is 20.0 Å². The molecule has 2 aliphatic heterocycles. The molecular weight excluding hydrogens is 539 g/mol. The first-order valence-electron chi connectivity index (χ1n) is 11.7. The molecule has 0 spiro atoms. The van der Waals surface area contributed by atoms with Gasteiger partial charge in [0.05, 0.1) is 12.9 Å². The number of imidazole rings is 1. The van der Waals surface area contributed by atoms with Crippen molar-refractivity contribution in [2.24, 2.45) is 0 Å². The van der Waals surface area contributed by atoms with Crippen LogP contribution in [0.2, 0.25) is 0 Å². The van der Waals surface area contributed by atoms with Crippen LogP contribution in [0.5, 0.6) is 0 Å². The molecule has 1 aromatic carbocycles. The number of fused-ring (bicyclic) bond motifs is 1. The molecule has 2 aliphatic rings. The van der Waals surface area contributed by atoms with E-state index >= 15 is 0 Å². The van der Waals surface area contributed by atoms with Crippen LogP contribution in [-0.2, 0) is 23.4 Å². The van der Waals surface area contributed by atoms with E-state index < -0.39 is 54.4 Å². The molecule has 5 rings (SSSR count). The highest BCUT2D eigenvalue weighted by molar-refractivity contribution is 8.56. The second-order valence-electron chi connectivity index (χ2n) is 9.23. The van der Waals surface area contributed by atoms with Gasteiger partial charge in [0.25, 0.3) is 5.56 Å². The van der Waals surface area contributed by atoms with Crippen molar-refractivity contribution in [1.82, 2.24) is 24.6 Å². The highest BCUT2D eigenvalue weighted by atomic mass is 32.7. The summed E-state index contributed by atoms with van der Waals surface area (Å²) in [5.74, 6) is -0.561. The van der Waals surface area contributed by atoms with Crippen LogP contribution in [0.1, 0.15) is 31.7 Å². The third kappa shape index (κ3) is 4.98. The number of anilines is 1. The molecule has 0 aliphatic carbocycles. The van der Waals surface area contributed by atoms with Crippen LogP contribution in [0.3, 0.4) is 0 Å². The van der Waals surface area contributed by atoms with Gasteiger partial charge in [-0.15, -0.1) is 0 Å². The first kappa shape index (κ1) is 26.8. The number of carbonyl (C=O) groups excluding carboxylic acids is 1. The first-order valence-corrected chi connectivity index (χ1v) is 14.9. The van der Waals surface area contributed by atoms with Gasteiger partial charge in [0.1, 0.15) is 30.0 Å². The van der Waals surface area contributed by atoms with Crippen molar-refractivity contribution in [3.05, 3.63) is 52.6 Å². The number of rotatable bonds is 7. The van der Waals surface area contributed by atoms with E-state index in [1.165, 1.54) is 17.8 Å². The number of aliphatic hydroxyl groups is 2. The number of ether oxygens (including phenoxy) is 2. The predicted molar refractivity (Wildman–Crippen MR) is 137 cm³/mol. The van der Waals surface area contributed by atoms with E-state index in [9.17, 15) is 24.4 Å². The molecule has 2 fully saturated rings. The Hall–Kier alpha value is -2.78. The molecule has 6 N–H and O–H groups in total. The number of nitrogen functional groups attached to an aromatic ring is 1. The van der Waals surface area contributed by atoms with Gasteiger partial charge >= 0.3 is 12.7 Å². The van der Waals surface area contributed by atoms with E-state index in [0.717, 1.165) is 16.9 Å². The molecule has 16 heteroatoms. The molecule has 2 saturated heterocycles. The number of aromatic amines is 1. The molecule has 38 heavy (non-hydrogen) atoms. The Bertz CT molecular complexity index is 1450. The van der Waals surface area contributed by atoms with Crippen LogP contribution in [-0.4, -0.2) is 71.9 Å². The Balaban J connectivity index is 1.23. The minimum absolute atomic E-state index is 0.0247. The minimum Gasteiger partial charge on any atom is -0.457 e. The molecule has 2 aromatic heterocycles. The average Bonchev–Trinajstić information content (AvgIpc) is 3.54. The highest BCUT2D eigenvalue weighted by Crippen LogP contribution is 2.61. The van der Waals surface area contributed by atoms with E-state index in [1.54, 1.807) is 6.92 Å². The third-order valence-electron chi connectivity index (χ3n) is 6.44. The first-order chi connectivity index (χ1) is 18.0. The van der Waals surface area contributed by atoms with Crippen LogP contribution < -0.4 is 16.4 Å². The van der Waals surface area contributed by atoms with E-state index in [4.69, 9.17) is 19.7 Å². The van der Waals surface area contributed by atoms with Crippen molar-refractivity contribution in [3.63, 3.8) is 0 Å². The summed E-state index contributed by atoms with van der Waals surface area (Å²) >= 11 is 0.937. The topological polar surface area (TPSA) is 204 Å². The van der Waals surface area contributed by atoms with Gasteiger partial charge < -0.3 is 29.9 Å². The van der Waals surface area contributed by atoms with E-state index in [0.29, 0.717) is 0 Å². The van der Waals surface area contributed by atoms with E-state index in [1.807, 2.05) is 30.3 Å². The third-order valence-corrected chi connectivity index (χ3v) is 10.5. The molecular formula is C22H27N6O8PS. The molecule has 1 unspecified atom stereocenters. The standard InChI is InChI=1S/C22H27N6O8PS/c1-11(12-6-4-3-5-7-12)35-19(31)13-9-38-37(33,27-13)34-8-14-16(29)22(2,32)20(36-14)28-10-24-15-17(28)25-21(23)26-18(15)30/h3-7,10-11,13-14,16,20,29,32H,8-9H2,1-2H3,(H,27,33)(H3,23,25,26,30)/t11-,13-,14?,16-,20-,22-,37-/m1/s1. The number of carbonyl (C=O) groups is 1. The van der Waals surface area contributed by atoms with Crippen LogP contribution in [0.15, 0.2) is 41.5 Å². The predicted octanol–water partition coefficient (Wildman–Crippen LogP) is 0.845. The smallest absolute Gasteiger partial charge is 0.327 e. The number of aliphatic hydroxyl groups excluding tert-OH is 1. The number of hydrogen-bond donors (Lipinski definition) is 5. The fraction of sp³-hybridized carbons (Fsp3) is 0.455. The normalized spacial score (nSPS) is 32.0. The summed E-state index contributed by atoms with van der Waals surface area (Å²) in [5.41, 5.74) is 4.07. The number of aromatic nitrogens is 4. The van der Waals surface area contributed by atoms with Gasteiger partial charge in [0.15, 0.2) is 17.4 Å². The summed E-state index contributed by atoms with van der Waals surface area (Å²) in [4.78, 5) is 35.1. The second-order valence-corrected chi connectivity index (χ2v) is 13.6. The van der Waals surface area contributed by atoms with Crippen LogP contribution in [0, 0.1) is 0 Å². The zero-order chi connectivity index (χ0) is 27.2. The van der Waals surface area contributed by atoms with E-state index in [-0.39, 0.29) is 29.5 Å². The van der Waals surface area contributed by atoms with Crippen molar-refractivity contribution in [3.8, 4) is 0 Å². The lowest BCUT2D eigenvalue weighted by Crippen LogP contribution is -2.44. The molecule has 14 nitrogen and oxygen atoms in total. The van der Waals surface area contributed by atoms with Gasteiger partial charge in [-0.3, -0.25) is 23.7 Å². The van der Waals surface area contributed by atoms with Gasteiger partial charge in [0.2, 0.25) is 5.95 Å². The van der Waals surface area contributed by atoms with Crippen molar-refractivity contribution in [2.45, 2.75) is 50.0 Å². The lowest BCUT2D eigenvalue weighted by Gasteiger charge is -2.27. The van der Waals surface area contributed by atoms with Crippen LogP contribution in [0.25, 0.3) is 11.2 Å². The minimum atomic E-state index is -3.55. The number of nitrogens with zero attached hydrogens (tertiary/aromatic N) is 3. The number of nitrogens with two attached hydrogens (primary N) is 1. The maximum atomic E-state index is 13.2. The number of nitrogens with one attached hydrogen (secondary N) is 2. The molecule has 0 saturated carbocycles. The number of benzene rings is 1. The SMILES string of the molecule is C[C@@H](OC(=O)[C@H]1CS[P@](=O)(OCC2O[C@@H](n3cnc4c(=O)[nH]c(N)nc43)[C@](C)(O)[C@@H]2O)N1)c1ccccc1. The van der Waals surface area contributed by atoms with Crippen LogP contribution in [0.4, 0.5) is 5.95 Å². The zero-order valence-electron chi connectivity index (χ0n) is 20.4. The number of hydrogen-bond acceptors (Lipinski definition) is 12. The average molecular weight is 567 g/mol. The van der Waals surface area contributed by atoms with Gasteiger partial charge in [-0.25, -0.2) is 10.1 Å². The van der Waals surface area contributed by atoms with Gasteiger partial charge in [-0.05, 0) is 19.4 Å². The Morgan fingerprint density at radius 3 is 2.89 bits per heavy atom. The molecule has 3 aromatic rings. The Morgan fingerprint density at radius 2 is 2.16 bits per heavy atom. The molecule has 0 bridgehead atoms. The second kappa shape index (κ2) is 10.1. The fourth-order valence-electron chi connectivity index (χ4n) is 4.35. The summed E-state index contributed by atoms with van der Waals surface area (Å²) in [5, 5.41) is 24.5. The summed E-state index contributed by atoms with van der Waals surface area (Å²) in [6, 6.07) is 8.37. The largest absolute Gasteiger partial charge is 0.457 e. The summed E-state index contributed by atoms with van der Waals surface area (Å²) in [7, 11) is 0. The number of esters is 1. The fourth-order valence-corrected chi connectivity index (χ4v) is 8.23. The molecule has 0 amide bonds. The highest BCUT2D eigenvalue weighted by Gasteiger charge is 2.54. The van der Waals surface area contributed by atoms with Crippen LogP contribution >= 0.6 is 18.1 Å². The summed E-state index contributed by atoms with van der Waals surface area (Å²) in [6.45, 7) is -0.825. The molecule has 204 valence electrons. The van der Waals surface area contributed by atoms with Gasteiger partial charge in [-0.1, -0.05) is 41.7 Å². The van der Waals surface area contributed by atoms with Gasteiger partial charge in [0, 0.05) is 5.75 Å². The lowest BCUT2D eigenvalue weighted by molar-refractivity contribution is -0.150. The lowest BCUT2D eigenvalue weighted by atomic mass is 9.96. The van der Waals surface area contributed by atoms with Crippen molar-refractivity contribution in [2.75, 3.05) is 18.1 Å².